The highest BCUT2D eigenvalue weighted by molar-refractivity contribution is 7.99. The summed E-state index contributed by atoms with van der Waals surface area (Å²) in [6, 6.07) is 5.86. The largest absolute Gasteiger partial charge is 0.325 e. The molecule has 0 atom stereocenters. The van der Waals surface area contributed by atoms with Gasteiger partial charge < -0.3 is 5.73 Å². The van der Waals surface area contributed by atoms with E-state index in [4.69, 9.17) is 5.73 Å². The van der Waals surface area contributed by atoms with E-state index in [9.17, 15) is 0 Å². The molecule has 0 bridgehead atoms. The Labute approximate surface area is 105 Å². The normalized spacial score (nSPS) is 10.5. The molecule has 0 saturated carbocycles. The van der Waals surface area contributed by atoms with Crippen LogP contribution < -0.4 is 5.73 Å². The molecule has 0 aliphatic carbocycles. The van der Waals surface area contributed by atoms with Gasteiger partial charge in [-0.15, -0.1) is 0 Å². The number of rotatable bonds is 3. The molecule has 0 saturated heterocycles. The first kappa shape index (κ1) is 12.0. The molecule has 2 heterocycles. The van der Waals surface area contributed by atoms with Crippen molar-refractivity contribution < 1.29 is 0 Å². The molecule has 0 aromatic carbocycles. The maximum atomic E-state index is 5.56. The van der Waals surface area contributed by atoms with Crippen LogP contribution in [0.3, 0.4) is 0 Å². The van der Waals surface area contributed by atoms with Crippen LogP contribution in [0.25, 0.3) is 0 Å². The first-order chi connectivity index (χ1) is 8.17. The average molecular weight is 246 g/mol. The number of nitrogens with zero attached hydrogens (tertiary/aromatic N) is 3. The molecular weight excluding hydrogens is 232 g/mol. The lowest BCUT2D eigenvalue weighted by molar-refractivity contribution is 0.901. The Bertz CT molecular complexity index is 507. The van der Waals surface area contributed by atoms with Crippen molar-refractivity contribution in [3.8, 4) is 0 Å². The summed E-state index contributed by atoms with van der Waals surface area (Å²) < 4.78 is 0. The summed E-state index contributed by atoms with van der Waals surface area (Å²) in [5.74, 6) is 0. The predicted octanol–water partition coefficient (Wildman–Crippen LogP) is 2.10. The van der Waals surface area contributed by atoms with E-state index in [2.05, 4.69) is 15.0 Å². The highest BCUT2D eigenvalue weighted by atomic mass is 32.2. The van der Waals surface area contributed by atoms with Gasteiger partial charge in [-0.2, -0.15) is 0 Å². The van der Waals surface area contributed by atoms with Crippen LogP contribution in [0.1, 0.15) is 17.1 Å². The van der Waals surface area contributed by atoms with Gasteiger partial charge in [0.2, 0.25) is 0 Å². The Morgan fingerprint density at radius 2 is 1.88 bits per heavy atom. The Kier molecular flexibility index (Phi) is 3.71. The van der Waals surface area contributed by atoms with E-state index in [-0.39, 0.29) is 0 Å². The van der Waals surface area contributed by atoms with Gasteiger partial charge in [0.25, 0.3) is 0 Å². The fourth-order valence-electron chi connectivity index (χ4n) is 1.48. The molecule has 0 fully saturated rings. The molecule has 88 valence electrons. The van der Waals surface area contributed by atoms with Gasteiger partial charge in [-0.25, -0.2) is 9.97 Å². The second-order valence-corrected chi connectivity index (χ2v) is 4.76. The van der Waals surface area contributed by atoms with Crippen molar-refractivity contribution in [2.24, 2.45) is 5.73 Å². The van der Waals surface area contributed by atoms with Gasteiger partial charge in [0.05, 0.1) is 5.69 Å². The Morgan fingerprint density at radius 3 is 2.53 bits per heavy atom. The van der Waals surface area contributed by atoms with Gasteiger partial charge in [0.15, 0.2) is 5.16 Å². The lowest BCUT2D eigenvalue weighted by atomic mass is 10.3. The molecule has 2 aromatic heterocycles. The molecule has 4 nitrogen and oxygen atoms in total. The Hall–Kier alpha value is -1.46. The van der Waals surface area contributed by atoms with Crippen LogP contribution in [-0.2, 0) is 6.54 Å². The van der Waals surface area contributed by atoms with Crippen molar-refractivity contribution in [3.63, 3.8) is 0 Å². The molecule has 2 N–H and O–H groups in total. The van der Waals surface area contributed by atoms with Gasteiger partial charge in [0, 0.05) is 29.0 Å². The highest BCUT2D eigenvalue weighted by Gasteiger charge is 2.03. The SMILES string of the molecule is Cc1cc(C)nc(Sc2ccnc(CN)c2)n1. The molecule has 0 aliphatic heterocycles. The Morgan fingerprint density at radius 1 is 1.18 bits per heavy atom. The number of nitrogens with two attached hydrogens (primary N) is 1. The minimum absolute atomic E-state index is 0.447. The third-order valence-electron chi connectivity index (χ3n) is 2.17. The molecular formula is C12H14N4S. The first-order valence-electron chi connectivity index (χ1n) is 5.32. The monoisotopic (exact) mass is 246 g/mol. The van der Waals surface area contributed by atoms with E-state index in [0.29, 0.717) is 6.54 Å². The van der Waals surface area contributed by atoms with E-state index in [1.807, 2.05) is 32.0 Å². The van der Waals surface area contributed by atoms with Crippen molar-refractivity contribution in [2.45, 2.75) is 30.4 Å². The maximum Gasteiger partial charge on any atom is 0.192 e. The maximum absolute atomic E-state index is 5.56. The van der Waals surface area contributed by atoms with Gasteiger partial charge in [-0.1, -0.05) is 0 Å². The van der Waals surface area contributed by atoms with Crippen LogP contribution in [0.15, 0.2) is 34.4 Å². The Balaban J connectivity index is 2.24. The number of hydrogen-bond acceptors (Lipinski definition) is 5. The van der Waals surface area contributed by atoms with Crippen LogP contribution in [0.2, 0.25) is 0 Å². The summed E-state index contributed by atoms with van der Waals surface area (Å²) in [7, 11) is 0. The van der Waals surface area contributed by atoms with Crippen LogP contribution in [0.4, 0.5) is 0 Å². The third kappa shape index (κ3) is 3.25. The van der Waals surface area contributed by atoms with Gasteiger partial charge in [0.1, 0.15) is 0 Å². The lowest BCUT2D eigenvalue weighted by Crippen LogP contribution is -1.99. The molecule has 0 unspecified atom stereocenters. The number of hydrogen-bond donors (Lipinski definition) is 1. The van der Waals surface area contributed by atoms with Crippen LogP contribution in [0, 0.1) is 13.8 Å². The van der Waals surface area contributed by atoms with E-state index >= 15 is 0 Å². The van der Waals surface area contributed by atoms with Crippen molar-refractivity contribution in [3.05, 3.63) is 41.5 Å². The lowest BCUT2D eigenvalue weighted by Gasteiger charge is -2.03. The number of aromatic nitrogens is 3. The molecule has 17 heavy (non-hydrogen) atoms. The summed E-state index contributed by atoms with van der Waals surface area (Å²) >= 11 is 1.53. The molecule has 5 heteroatoms. The molecule has 0 aliphatic rings. The minimum Gasteiger partial charge on any atom is -0.325 e. The summed E-state index contributed by atoms with van der Waals surface area (Å²) in [5.41, 5.74) is 8.39. The smallest absolute Gasteiger partial charge is 0.192 e. The van der Waals surface area contributed by atoms with Crippen molar-refractivity contribution >= 4 is 11.8 Å². The van der Waals surface area contributed by atoms with Gasteiger partial charge >= 0.3 is 0 Å². The fraction of sp³-hybridized carbons (Fsp3) is 0.250. The standard InChI is InChI=1S/C12H14N4S/c1-8-5-9(2)16-12(15-8)17-11-3-4-14-10(6-11)7-13/h3-6H,7,13H2,1-2H3. The van der Waals surface area contributed by atoms with Crippen LogP contribution in [-0.4, -0.2) is 15.0 Å². The molecule has 0 spiro atoms. The summed E-state index contributed by atoms with van der Waals surface area (Å²) in [5, 5.41) is 0.761. The van der Waals surface area contributed by atoms with Crippen LogP contribution in [0.5, 0.6) is 0 Å². The predicted molar refractivity (Wildman–Crippen MR) is 67.8 cm³/mol. The summed E-state index contributed by atoms with van der Waals surface area (Å²) in [6.07, 6.45) is 1.76. The second-order valence-electron chi connectivity index (χ2n) is 3.72. The van der Waals surface area contributed by atoms with Gasteiger partial charge in [-0.3, -0.25) is 4.98 Å². The van der Waals surface area contributed by atoms with Crippen molar-refractivity contribution in [1.29, 1.82) is 0 Å². The topological polar surface area (TPSA) is 64.7 Å². The zero-order valence-electron chi connectivity index (χ0n) is 9.84. The minimum atomic E-state index is 0.447. The molecule has 0 radical (unpaired) electrons. The summed E-state index contributed by atoms with van der Waals surface area (Å²) in [4.78, 5) is 14.0. The summed E-state index contributed by atoms with van der Waals surface area (Å²) in [6.45, 7) is 4.38. The zero-order chi connectivity index (χ0) is 12.3. The number of pyridine rings is 1. The van der Waals surface area contributed by atoms with Crippen molar-refractivity contribution in [1.82, 2.24) is 15.0 Å². The van der Waals surface area contributed by atoms with Crippen molar-refractivity contribution in [2.75, 3.05) is 0 Å². The quantitative estimate of drug-likeness (QED) is 0.840. The molecule has 0 amide bonds. The molecule has 2 rings (SSSR count). The van der Waals surface area contributed by atoms with E-state index in [1.165, 1.54) is 11.8 Å². The second kappa shape index (κ2) is 5.25. The van der Waals surface area contributed by atoms with E-state index in [0.717, 1.165) is 27.1 Å². The van der Waals surface area contributed by atoms with E-state index < -0.39 is 0 Å². The first-order valence-corrected chi connectivity index (χ1v) is 6.14. The molecule has 2 aromatic rings. The van der Waals surface area contributed by atoms with E-state index in [1.54, 1.807) is 6.20 Å². The van der Waals surface area contributed by atoms with Crippen LogP contribution >= 0.6 is 11.8 Å². The number of aryl methyl sites for hydroxylation is 2. The average Bonchev–Trinajstić information content (AvgIpc) is 2.28. The van der Waals surface area contributed by atoms with Gasteiger partial charge in [-0.05, 0) is 43.8 Å². The highest BCUT2D eigenvalue weighted by Crippen LogP contribution is 2.24. The third-order valence-corrected chi connectivity index (χ3v) is 3.02. The fourth-order valence-corrected chi connectivity index (χ4v) is 2.39. The zero-order valence-corrected chi connectivity index (χ0v) is 10.7.